The fourth-order valence-corrected chi connectivity index (χ4v) is 3.67. The summed E-state index contributed by atoms with van der Waals surface area (Å²) in [5.74, 6) is 1.95. The number of nitrogens with zero attached hydrogens (tertiary/aromatic N) is 1. The Hall–Kier alpha value is -1.29. The second kappa shape index (κ2) is 11.8. The van der Waals surface area contributed by atoms with E-state index in [9.17, 15) is 4.79 Å². The van der Waals surface area contributed by atoms with Crippen LogP contribution in [0.25, 0.3) is 0 Å². The zero-order valence-corrected chi connectivity index (χ0v) is 20.8. The molecule has 0 amide bonds. The van der Waals surface area contributed by atoms with Gasteiger partial charge in [-0.15, -0.1) is 24.0 Å². The number of carbonyl (C=O) groups is 1. The van der Waals surface area contributed by atoms with Gasteiger partial charge in [-0.05, 0) is 38.2 Å². The van der Waals surface area contributed by atoms with Gasteiger partial charge in [0.2, 0.25) is 0 Å². The van der Waals surface area contributed by atoms with Gasteiger partial charge in [0.15, 0.2) is 5.96 Å². The number of aliphatic imine (C=N–C) groups is 1. The van der Waals surface area contributed by atoms with Crippen molar-refractivity contribution >= 4 is 35.9 Å². The lowest BCUT2D eigenvalue weighted by atomic mass is 9.78. The van der Waals surface area contributed by atoms with Crippen molar-refractivity contribution in [1.82, 2.24) is 10.6 Å². The van der Waals surface area contributed by atoms with Gasteiger partial charge in [0, 0.05) is 25.6 Å². The fourth-order valence-electron chi connectivity index (χ4n) is 3.67. The number of furan rings is 1. The van der Waals surface area contributed by atoms with Crippen LogP contribution in [0.15, 0.2) is 15.5 Å². The average Bonchev–Trinajstić information content (AvgIpc) is 3.03. The first-order chi connectivity index (χ1) is 13.3. The third-order valence-corrected chi connectivity index (χ3v) is 4.94. The number of aryl methyl sites for hydroxylation is 1. The van der Waals surface area contributed by atoms with E-state index in [1.54, 1.807) is 13.0 Å². The maximum Gasteiger partial charge on any atom is 0.341 e. The molecule has 0 radical (unpaired) electrons. The quantitative estimate of drug-likeness (QED) is 0.256. The molecular formula is C21H36IN3O4. The molecule has 166 valence electrons. The molecule has 0 bridgehead atoms. The molecule has 0 saturated carbocycles. The molecule has 1 aliphatic rings. The minimum Gasteiger partial charge on any atom is -0.465 e. The SMILES string of the molecule is CCNC(=NCc1cc(C(=O)OC)c(C)o1)NCC1CCCOC1C(C)(C)C.I. The van der Waals surface area contributed by atoms with E-state index in [-0.39, 0.29) is 35.5 Å². The molecule has 29 heavy (non-hydrogen) atoms. The predicted octanol–water partition coefficient (Wildman–Crippen LogP) is 3.89. The van der Waals surface area contributed by atoms with Gasteiger partial charge in [-0.2, -0.15) is 0 Å². The molecule has 2 N–H and O–H groups in total. The lowest BCUT2D eigenvalue weighted by molar-refractivity contribution is -0.0835. The molecule has 0 aliphatic carbocycles. The van der Waals surface area contributed by atoms with Crippen molar-refractivity contribution in [2.24, 2.45) is 16.3 Å². The lowest BCUT2D eigenvalue weighted by Gasteiger charge is -2.40. The van der Waals surface area contributed by atoms with Gasteiger partial charge in [-0.3, -0.25) is 0 Å². The summed E-state index contributed by atoms with van der Waals surface area (Å²) in [6, 6.07) is 1.69. The zero-order valence-electron chi connectivity index (χ0n) is 18.5. The number of rotatable bonds is 6. The number of nitrogens with one attached hydrogen (secondary N) is 2. The highest BCUT2D eigenvalue weighted by Crippen LogP contribution is 2.33. The second-order valence-corrected chi connectivity index (χ2v) is 8.31. The maximum absolute atomic E-state index is 11.7. The summed E-state index contributed by atoms with van der Waals surface area (Å²) in [4.78, 5) is 16.3. The molecule has 0 spiro atoms. The highest BCUT2D eigenvalue weighted by atomic mass is 127. The third-order valence-electron chi connectivity index (χ3n) is 4.94. The maximum atomic E-state index is 11.7. The van der Waals surface area contributed by atoms with E-state index in [1.807, 2.05) is 6.92 Å². The molecule has 0 aromatic carbocycles. The van der Waals surface area contributed by atoms with E-state index >= 15 is 0 Å². The van der Waals surface area contributed by atoms with Crippen molar-refractivity contribution in [3.05, 3.63) is 23.2 Å². The number of esters is 1. The fraction of sp³-hybridized carbons (Fsp3) is 0.714. The van der Waals surface area contributed by atoms with E-state index in [2.05, 4.69) is 36.4 Å². The Balaban J connectivity index is 0.00000420. The number of carbonyl (C=O) groups excluding carboxylic acids is 1. The van der Waals surface area contributed by atoms with Crippen molar-refractivity contribution < 1.29 is 18.7 Å². The molecule has 7 nitrogen and oxygen atoms in total. The number of hydrogen-bond donors (Lipinski definition) is 2. The first-order valence-corrected chi connectivity index (χ1v) is 10.1. The van der Waals surface area contributed by atoms with Crippen LogP contribution in [0.3, 0.4) is 0 Å². The van der Waals surface area contributed by atoms with Crippen molar-refractivity contribution in [2.75, 3.05) is 26.8 Å². The summed E-state index contributed by atoms with van der Waals surface area (Å²) < 4.78 is 16.5. The smallest absolute Gasteiger partial charge is 0.341 e. The number of ether oxygens (including phenoxy) is 2. The number of hydrogen-bond acceptors (Lipinski definition) is 5. The van der Waals surface area contributed by atoms with E-state index in [1.165, 1.54) is 7.11 Å². The largest absolute Gasteiger partial charge is 0.465 e. The standard InChI is InChI=1S/C21H35N3O4.HI/c1-7-22-20(23-12-15-9-8-10-27-18(15)21(3,4)5)24-13-16-11-17(14(2)28-16)19(25)26-6;/h11,15,18H,7-10,12-13H2,1-6H3,(H2,22,23,24);1H. The summed E-state index contributed by atoms with van der Waals surface area (Å²) in [6.07, 6.45) is 2.47. The Bertz CT molecular complexity index is 682. The number of halogens is 1. The van der Waals surface area contributed by atoms with Gasteiger partial charge in [0.05, 0.1) is 13.2 Å². The van der Waals surface area contributed by atoms with E-state index in [0.717, 1.165) is 38.5 Å². The highest BCUT2D eigenvalue weighted by molar-refractivity contribution is 14.0. The summed E-state index contributed by atoms with van der Waals surface area (Å²) >= 11 is 0. The predicted molar refractivity (Wildman–Crippen MR) is 125 cm³/mol. The van der Waals surface area contributed by atoms with Gasteiger partial charge >= 0.3 is 5.97 Å². The summed E-state index contributed by atoms with van der Waals surface area (Å²) in [6.45, 7) is 13.2. The minimum atomic E-state index is -0.396. The minimum absolute atomic E-state index is 0. The van der Waals surface area contributed by atoms with Crippen molar-refractivity contribution in [1.29, 1.82) is 0 Å². The topological polar surface area (TPSA) is 85.1 Å². The molecule has 8 heteroatoms. The van der Waals surface area contributed by atoms with Gasteiger partial charge in [-0.25, -0.2) is 9.79 Å². The normalized spacial score (nSPS) is 20.0. The first-order valence-electron chi connectivity index (χ1n) is 10.1. The van der Waals surface area contributed by atoms with Crippen LogP contribution in [0, 0.1) is 18.3 Å². The van der Waals surface area contributed by atoms with E-state index in [4.69, 9.17) is 13.9 Å². The van der Waals surface area contributed by atoms with Crippen molar-refractivity contribution in [3.8, 4) is 0 Å². The van der Waals surface area contributed by atoms with Crippen LogP contribution in [0.4, 0.5) is 0 Å². The first kappa shape index (κ1) is 25.7. The Morgan fingerprint density at radius 1 is 1.34 bits per heavy atom. The van der Waals surface area contributed by atoms with Gasteiger partial charge in [0.25, 0.3) is 0 Å². The molecule has 2 atom stereocenters. The average molecular weight is 521 g/mol. The molecule has 1 fully saturated rings. The van der Waals surface area contributed by atoms with Crippen LogP contribution >= 0.6 is 24.0 Å². The zero-order chi connectivity index (χ0) is 20.7. The summed E-state index contributed by atoms with van der Waals surface area (Å²) in [5.41, 5.74) is 0.552. The highest BCUT2D eigenvalue weighted by Gasteiger charge is 2.35. The molecule has 1 aromatic rings. The third kappa shape index (κ3) is 7.47. The molecule has 2 unspecified atom stereocenters. The molecular weight excluding hydrogens is 485 g/mol. The number of guanidine groups is 1. The van der Waals surface area contributed by atoms with E-state index < -0.39 is 5.97 Å². The van der Waals surface area contributed by atoms with Crippen LogP contribution < -0.4 is 10.6 Å². The van der Waals surface area contributed by atoms with Crippen LogP contribution in [-0.4, -0.2) is 44.8 Å². The van der Waals surface area contributed by atoms with Gasteiger partial charge in [-0.1, -0.05) is 20.8 Å². The van der Waals surface area contributed by atoms with Gasteiger partial charge < -0.3 is 24.5 Å². The Kier molecular flexibility index (Phi) is 10.5. The van der Waals surface area contributed by atoms with Crippen LogP contribution in [0.5, 0.6) is 0 Å². The molecule has 2 rings (SSSR count). The molecule has 1 aliphatic heterocycles. The van der Waals surface area contributed by atoms with Crippen molar-refractivity contribution in [3.63, 3.8) is 0 Å². The lowest BCUT2D eigenvalue weighted by Crippen LogP contribution is -2.47. The Labute approximate surface area is 191 Å². The van der Waals surface area contributed by atoms with Gasteiger partial charge in [0.1, 0.15) is 23.6 Å². The summed E-state index contributed by atoms with van der Waals surface area (Å²) in [5, 5.41) is 6.71. The van der Waals surface area contributed by atoms with Crippen molar-refractivity contribution in [2.45, 2.75) is 60.1 Å². The van der Waals surface area contributed by atoms with E-state index in [0.29, 0.717) is 29.5 Å². The van der Waals surface area contributed by atoms with Crippen LogP contribution in [-0.2, 0) is 16.0 Å². The second-order valence-electron chi connectivity index (χ2n) is 8.31. The molecule has 1 saturated heterocycles. The molecule has 1 aromatic heterocycles. The Morgan fingerprint density at radius 3 is 2.69 bits per heavy atom. The summed E-state index contributed by atoms with van der Waals surface area (Å²) in [7, 11) is 1.36. The van der Waals surface area contributed by atoms with Crippen LogP contribution in [0.2, 0.25) is 0 Å². The van der Waals surface area contributed by atoms with Crippen LogP contribution in [0.1, 0.15) is 62.4 Å². The molecule has 2 heterocycles. The number of methoxy groups -OCH3 is 1. The Morgan fingerprint density at radius 2 is 2.07 bits per heavy atom. The monoisotopic (exact) mass is 521 g/mol.